The summed E-state index contributed by atoms with van der Waals surface area (Å²) < 4.78 is 11.0. The summed E-state index contributed by atoms with van der Waals surface area (Å²) in [5, 5.41) is 2.80. The number of hydrogen-bond acceptors (Lipinski definition) is 4. The van der Waals surface area contributed by atoms with Crippen molar-refractivity contribution in [1.29, 1.82) is 0 Å². The standard InChI is InChI=1S/C18H28N2O3.ClH/c1-20(2)13-14-9-5-4-6-11-16(14)23-18(21)19-15-10-7-8-12-17(15)22-3;/h7-8,10,12,14,16H,4-6,9,11,13H2,1-3H3,(H,19,21);1H/t14-,16+;/m1./s1. The average Bonchev–Trinajstić information content (AvgIpc) is 2.73. The van der Waals surface area contributed by atoms with Gasteiger partial charge in [0.25, 0.3) is 0 Å². The second-order valence-corrected chi connectivity index (χ2v) is 6.43. The van der Waals surface area contributed by atoms with E-state index in [2.05, 4.69) is 24.3 Å². The van der Waals surface area contributed by atoms with Crippen LogP contribution in [0, 0.1) is 5.92 Å². The van der Waals surface area contributed by atoms with Crippen molar-refractivity contribution in [3.05, 3.63) is 24.3 Å². The molecule has 5 nitrogen and oxygen atoms in total. The number of hydrogen-bond donors (Lipinski definition) is 1. The van der Waals surface area contributed by atoms with Gasteiger partial charge in [-0.1, -0.05) is 25.0 Å². The van der Waals surface area contributed by atoms with Crippen LogP contribution in [0.15, 0.2) is 24.3 Å². The van der Waals surface area contributed by atoms with Crippen molar-refractivity contribution in [2.24, 2.45) is 5.92 Å². The van der Waals surface area contributed by atoms with Crippen LogP contribution in [0.5, 0.6) is 5.75 Å². The average molecular weight is 357 g/mol. The highest BCUT2D eigenvalue weighted by atomic mass is 35.5. The number of methoxy groups -OCH3 is 1. The molecule has 6 heteroatoms. The zero-order chi connectivity index (χ0) is 16.7. The van der Waals surface area contributed by atoms with Gasteiger partial charge in [0, 0.05) is 12.5 Å². The molecule has 2 rings (SSSR count). The van der Waals surface area contributed by atoms with E-state index in [4.69, 9.17) is 9.47 Å². The predicted molar refractivity (Wildman–Crippen MR) is 99.3 cm³/mol. The summed E-state index contributed by atoms with van der Waals surface area (Å²) in [4.78, 5) is 14.5. The van der Waals surface area contributed by atoms with Crippen LogP contribution in [0.4, 0.5) is 10.5 Å². The van der Waals surface area contributed by atoms with Crippen LogP contribution in [0.3, 0.4) is 0 Å². The lowest BCUT2D eigenvalue weighted by Crippen LogP contribution is -2.34. The molecule has 0 aliphatic heterocycles. The van der Waals surface area contributed by atoms with E-state index in [1.807, 2.05) is 24.3 Å². The van der Waals surface area contributed by atoms with Crippen molar-refractivity contribution in [3.8, 4) is 5.75 Å². The highest BCUT2D eigenvalue weighted by Gasteiger charge is 2.27. The van der Waals surface area contributed by atoms with Gasteiger partial charge in [-0.2, -0.15) is 0 Å². The molecule has 1 saturated carbocycles. The lowest BCUT2D eigenvalue weighted by molar-refractivity contribution is 0.0569. The van der Waals surface area contributed by atoms with E-state index in [1.54, 1.807) is 7.11 Å². The summed E-state index contributed by atoms with van der Waals surface area (Å²) in [6.45, 7) is 0.951. The van der Waals surface area contributed by atoms with Gasteiger partial charge in [0.2, 0.25) is 0 Å². The molecule has 0 saturated heterocycles. The maximum absolute atomic E-state index is 12.3. The Balaban J connectivity index is 0.00000288. The van der Waals surface area contributed by atoms with E-state index in [0.717, 1.165) is 25.8 Å². The molecule has 1 aromatic carbocycles. The largest absolute Gasteiger partial charge is 0.495 e. The fourth-order valence-electron chi connectivity index (χ4n) is 3.21. The van der Waals surface area contributed by atoms with Gasteiger partial charge in [0.1, 0.15) is 11.9 Å². The fourth-order valence-corrected chi connectivity index (χ4v) is 3.21. The Morgan fingerprint density at radius 3 is 2.62 bits per heavy atom. The number of carbonyl (C=O) groups excluding carboxylic acids is 1. The Bertz CT molecular complexity index is 511. The normalized spacial score (nSPS) is 20.7. The Morgan fingerprint density at radius 1 is 1.21 bits per heavy atom. The maximum Gasteiger partial charge on any atom is 0.412 e. The van der Waals surface area contributed by atoms with Crippen LogP contribution in [-0.2, 0) is 4.74 Å². The first-order valence-electron chi connectivity index (χ1n) is 8.35. The monoisotopic (exact) mass is 356 g/mol. The first kappa shape index (κ1) is 20.6. The van der Waals surface area contributed by atoms with E-state index in [9.17, 15) is 4.79 Å². The molecule has 0 heterocycles. The molecule has 1 fully saturated rings. The summed E-state index contributed by atoms with van der Waals surface area (Å²) >= 11 is 0. The van der Waals surface area contributed by atoms with E-state index >= 15 is 0 Å². The number of benzene rings is 1. The van der Waals surface area contributed by atoms with E-state index in [-0.39, 0.29) is 18.5 Å². The van der Waals surface area contributed by atoms with Crippen LogP contribution in [0.2, 0.25) is 0 Å². The Labute approximate surface area is 151 Å². The zero-order valence-electron chi connectivity index (χ0n) is 14.8. The molecule has 24 heavy (non-hydrogen) atoms. The Kier molecular flexibility index (Phi) is 8.93. The fraction of sp³-hybridized carbons (Fsp3) is 0.611. The Morgan fingerprint density at radius 2 is 1.92 bits per heavy atom. The number of carbonyl (C=O) groups is 1. The van der Waals surface area contributed by atoms with Gasteiger partial charge < -0.3 is 14.4 Å². The van der Waals surface area contributed by atoms with Crippen LogP contribution < -0.4 is 10.1 Å². The smallest absolute Gasteiger partial charge is 0.412 e. The Hall–Kier alpha value is -1.46. The maximum atomic E-state index is 12.3. The third-order valence-corrected chi connectivity index (χ3v) is 4.29. The number of halogens is 1. The highest BCUT2D eigenvalue weighted by molar-refractivity contribution is 5.86. The quantitative estimate of drug-likeness (QED) is 0.804. The highest BCUT2D eigenvalue weighted by Crippen LogP contribution is 2.28. The number of nitrogens with zero attached hydrogens (tertiary/aromatic N) is 1. The topological polar surface area (TPSA) is 50.8 Å². The van der Waals surface area contributed by atoms with Crippen molar-refractivity contribution in [2.45, 2.75) is 38.2 Å². The third-order valence-electron chi connectivity index (χ3n) is 4.29. The molecule has 1 aliphatic rings. The number of ether oxygens (including phenoxy) is 2. The summed E-state index contributed by atoms with van der Waals surface area (Å²) in [6.07, 6.45) is 5.20. The molecule has 0 radical (unpaired) electrons. The molecule has 0 bridgehead atoms. The summed E-state index contributed by atoms with van der Waals surface area (Å²) in [7, 11) is 5.72. The predicted octanol–water partition coefficient (Wildman–Crippen LogP) is 4.18. The molecule has 2 atom stereocenters. The molecule has 0 spiro atoms. The van der Waals surface area contributed by atoms with Gasteiger partial charge in [0.15, 0.2) is 0 Å². The molecular formula is C18H29ClN2O3. The lowest BCUT2D eigenvalue weighted by atomic mass is 9.97. The summed E-state index contributed by atoms with van der Waals surface area (Å²) in [5.74, 6) is 1.03. The van der Waals surface area contributed by atoms with Gasteiger partial charge >= 0.3 is 6.09 Å². The third kappa shape index (κ3) is 6.21. The van der Waals surface area contributed by atoms with Crippen molar-refractivity contribution >= 4 is 24.2 Å². The minimum atomic E-state index is -0.398. The van der Waals surface area contributed by atoms with Gasteiger partial charge in [-0.3, -0.25) is 5.32 Å². The van der Waals surface area contributed by atoms with E-state index < -0.39 is 6.09 Å². The molecule has 0 unspecified atom stereocenters. The van der Waals surface area contributed by atoms with Gasteiger partial charge in [-0.25, -0.2) is 4.79 Å². The number of para-hydroxylation sites is 2. The number of amides is 1. The number of nitrogens with one attached hydrogen (secondary N) is 1. The summed E-state index contributed by atoms with van der Waals surface area (Å²) in [6, 6.07) is 7.35. The first-order chi connectivity index (χ1) is 11.1. The lowest BCUT2D eigenvalue weighted by Gasteiger charge is -2.27. The van der Waals surface area contributed by atoms with Gasteiger partial charge in [0.05, 0.1) is 12.8 Å². The van der Waals surface area contributed by atoms with Crippen LogP contribution in [-0.4, -0.2) is 44.8 Å². The number of anilines is 1. The van der Waals surface area contributed by atoms with Crippen molar-refractivity contribution in [1.82, 2.24) is 4.90 Å². The van der Waals surface area contributed by atoms with Crippen LogP contribution in [0.25, 0.3) is 0 Å². The molecule has 1 N–H and O–H groups in total. The molecular weight excluding hydrogens is 328 g/mol. The second-order valence-electron chi connectivity index (χ2n) is 6.43. The zero-order valence-corrected chi connectivity index (χ0v) is 15.6. The molecule has 1 aromatic rings. The van der Waals surface area contributed by atoms with E-state index in [1.165, 1.54) is 12.8 Å². The van der Waals surface area contributed by atoms with Gasteiger partial charge in [-0.15, -0.1) is 12.4 Å². The minimum absolute atomic E-state index is 0. The minimum Gasteiger partial charge on any atom is -0.495 e. The second kappa shape index (κ2) is 10.4. The van der Waals surface area contributed by atoms with E-state index in [0.29, 0.717) is 17.4 Å². The SMILES string of the molecule is COc1ccccc1NC(=O)O[C@H]1CCCCC[C@@H]1CN(C)C.Cl. The molecule has 1 aliphatic carbocycles. The van der Waals surface area contributed by atoms with Crippen molar-refractivity contribution in [3.63, 3.8) is 0 Å². The van der Waals surface area contributed by atoms with Crippen molar-refractivity contribution in [2.75, 3.05) is 33.1 Å². The molecule has 0 aromatic heterocycles. The number of rotatable bonds is 5. The summed E-state index contributed by atoms with van der Waals surface area (Å²) in [5.41, 5.74) is 0.637. The molecule has 136 valence electrons. The first-order valence-corrected chi connectivity index (χ1v) is 8.35. The van der Waals surface area contributed by atoms with Crippen molar-refractivity contribution < 1.29 is 14.3 Å². The molecule has 1 amide bonds. The van der Waals surface area contributed by atoms with Gasteiger partial charge in [-0.05, 0) is 45.5 Å². The van der Waals surface area contributed by atoms with Crippen LogP contribution in [0.1, 0.15) is 32.1 Å². The van der Waals surface area contributed by atoms with Crippen LogP contribution >= 0.6 is 12.4 Å².